The summed E-state index contributed by atoms with van der Waals surface area (Å²) in [5.74, 6) is 0. The van der Waals surface area contributed by atoms with Gasteiger partial charge in [-0.25, -0.2) is 0 Å². The van der Waals surface area contributed by atoms with E-state index in [9.17, 15) is 0 Å². The lowest BCUT2D eigenvalue weighted by Gasteiger charge is -2.32. The Labute approximate surface area is 180 Å². The molecule has 0 unspecified atom stereocenters. The first-order chi connectivity index (χ1) is 14.2. The minimum absolute atomic E-state index is 0.386. The topological polar surface area (TPSA) is 21.7 Å². The molecule has 30 heavy (non-hydrogen) atoms. The molecule has 0 N–H and O–H groups in total. The van der Waals surface area contributed by atoms with Crippen LogP contribution in [0, 0.1) is 13.8 Å². The van der Waals surface area contributed by atoms with Crippen LogP contribution >= 0.6 is 0 Å². The molecular weight excluding hydrogens is 369 g/mol. The zero-order valence-electron chi connectivity index (χ0n) is 18.8. The van der Waals surface area contributed by atoms with Crippen molar-refractivity contribution in [3.05, 3.63) is 83.9 Å². The van der Waals surface area contributed by atoms with E-state index >= 15 is 0 Å². The molecule has 1 heterocycles. The highest BCUT2D eigenvalue weighted by atomic mass is 16.7. The second-order valence-corrected chi connectivity index (χ2v) is 9.15. The molecule has 0 amide bonds. The Kier molecular flexibility index (Phi) is 5.25. The smallest absolute Gasteiger partial charge is 0.399 e. The van der Waals surface area contributed by atoms with Crippen LogP contribution in [0.3, 0.4) is 0 Å². The molecule has 4 rings (SSSR count). The quantitative estimate of drug-likeness (QED) is 0.497. The van der Waals surface area contributed by atoms with Gasteiger partial charge in [-0.05, 0) is 71.9 Å². The molecule has 3 nitrogen and oxygen atoms in total. The van der Waals surface area contributed by atoms with Crippen LogP contribution in [-0.4, -0.2) is 18.3 Å². The van der Waals surface area contributed by atoms with E-state index in [1.165, 1.54) is 11.1 Å². The first-order valence-corrected chi connectivity index (χ1v) is 10.6. The molecular formula is C26H30BNO2. The fourth-order valence-corrected chi connectivity index (χ4v) is 3.68. The van der Waals surface area contributed by atoms with Crippen molar-refractivity contribution in [1.82, 2.24) is 0 Å². The predicted octanol–water partition coefficient (Wildman–Crippen LogP) is 6.07. The third-order valence-corrected chi connectivity index (χ3v) is 6.27. The van der Waals surface area contributed by atoms with E-state index in [0.29, 0.717) is 0 Å². The van der Waals surface area contributed by atoms with Crippen molar-refractivity contribution in [3.8, 4) is 0 Å². The summed E-state index contributed by atoms with van der Waals surface area (Å²) >= 11 is 0. The summed E-state index contributed by atoms with van der Waals surface area (Å²) in [6.45, 7) is 12.6. The molecule has 154 valence electrons. The Morgan fingerprint density at radius 2 is 1.07 bits per heavy atom. The van der Waals surface area contributed by atoms with Gasteiger partial charge in [0.2, 0.25) is 0 Å². The maximum absolute atomic E-state index is 6.40. The molecule has 0 atom stereocenters. The monoisotopic (exact) mass is 399 g/mol. The number of para-hydroxylation sites is 1. The SMILES string of the molecule is Cc1ccc(N(c2ccc(C)cc2)c2ccccc2B2OC(C)(C)C(C)(C)O2)cc1. The highest BCUT2D eigenvalue weighted by molar-refractivity contribution is 6.64. The van der Waals surface area contributed by atoms with Crippen molar-refractivity contribution >= 4 is 29.6 Å². The Bertz CT molecular complexity index is 964. The molecule has 3 aromatic carbocycles. The molecule has 4 heteroatoms. The van der Waals surface area contributed by atoms with E-state index in [2.05, 4.69) is 113 Å². The summed E-state index contributed by atoms with van der Waals surface area (Å²) in [7, 11) is -0.426. The molecule has 1 saturated heterocycles. The van der Waals surface area contributed by atoms with Crippen LogP contribution < -0.4 is 10.4 Å². The Balaban J connectivity index is 1.84. The predicted molar refractivity (Wildman–Crippen MR) is 126 cm³/mol. The van der Waals surface area contributed by atoms with Gasteiger partial charge in [0.05, 0.1) is 11.2 Å². The van der Waals surface area contributed by atoms with Gasteiger partial charge in [0.25, 0.3) is 0 Å². The normalized spacial score (nSPS) is 17.2. The van der Waals surface area contributed by atoms with Crippen LogP contribution in [0.4, 0.5) is 17.1 Å². The minimum Gasteiger partial charge on any atom is -0.399 e. The molecule has 3 aromatic rings. The zero-order chi connectivity index (χ0) is 21.5. The van der Waals surface area contributed by atoms with Gasteiger partial charge in [0, 0.05) is 22.5 Å². The number of rotatable bonds is 4. The van der Waals surface area contributed by atoms with Gasteiger partial charge in [0.15, 0.2) is 0 Å². The maximum Gasteiger partial charge on any atom is 0.496 e. The molecule has 1 aliphatic heterocycles. The molecule has 0 aliphatic carbocycles. The number of hydrogen-bond donors (Lipinski definition) is 0. The summed E-state index contributed by atoms with van der Waals surface area (Å²) in [6, 6.07) is 25.6. The summed E-state index contributed by atoms with van der Waals surface area (Å²) in [5, 5.41) is 0. The van der Waals surface area contributed by atoms with Crippen LogP contribution in [0.5, 0.6) is 0 Å². The van der Waals surface area contributed by atoms with E-state index in [0.717, 1.165) is 22.5 Å². The Hall–Kier alpha value is -2.56. The zero-order valence-corrected chi connectivity index (χ0v) is 18.8. The van der Waals surface area contributed by atoms with Crippen LogP contribution in [0.25, 0.3) is 0 Å². The molecule has 0 radical (unpaired) electrons. The Morgan fingerprint density at radius 1 is 0.633 bits per heavy atom. The second kappa shape index (κ2) is 7.61. The van der Waals surface area contributed by atoms with Gasteiger partial charge in [-0.2, -0.15) is 0 Å². The van der Waals surface area contributed by atoms with Crippen LogP contribution in [0.1, 0.15) is 38.8 Å². The van der Waals surface area contributed by atoms with Gasteiger partial charge in [-0.1, -0.05) is 53.6 Å². The minimum atomic E-state index is -0.426. The largest absolute Gasteiger partial charge is 0.496 e. The lowest BCUT2D eigenvalue weighted by Crippen LogP contribution is -2.41. The average molecular weight is 399 g/mol. The van der Waals surface area contributed by atoms with Gasteiger partial charge in [0.1, 0.15) is 0 Å². The van der Waals surface area contributed by atoms with Crippen molar-refractivity contribution in [1.29, 1.82) is 0 Å². The van der Waals surface area contributed by atoms with Gasteiger partial charge in [-0.3, -0.25) is 0 Å². The number of hydrogen-bond acceptors (Lipinski definition) is 3. The fourth-order valence-electron chi connectivity index (χ4n) is 3.68. The molecule has 0 saturated carbocycles. The standard InChI is InChI=1S/C26H30BNO2/c1-19-11-15-21(16-12-19)28(22-17-13-20(2)14-18-22)24-10-8-7-9-23(24)27-29-25(3,4)26(5,6)30-27/h7-18H,1-6H3. The number of benzene rings is 3. The summed E-state index contributed by atoms with van der Waals surface area (Å²) < 4.78 is 12.8. The first kappa shape index (κ1) is 20.7. The lowest BCUT2D eigenvalue weighted by atomic mass is 9.77. The number of anilines is 3. The highest BCUT2D eigenvalue weighted by Gasteiger charge is 2.52. The summed E-state index contributed by atoms with van der Waals surface area (Å²) in [4.78, 5) is 2.28. The third-order valence-electron chi connectivity index (χ3n) is 6.27. The molecule has 0 bridgehead atoms. The van der Waals surface area contributed by atoms with Crippen molar-refractivity contribution in [3.63, 3.8) is 0 Å². The fraction of sp³-hybridized carbons (Fsp3) is 0.308. The second-order valence-electron chi connectivity index (χ2n) is 9.15. The van der Waals surface area contributed by atoms with Crippen molar-refractivity contribution in [2.45, 2.75) is 52.7 Å². The van der Waals surface area contributed by atoms with Crippen molar-refractivity contribution < 1.29 is 9.31 Å². The van der Waals surface area contributed by atoms with Crippen molar-refractivity contribution in [2.75, 3.05) is 4.90 Å². The maximum atomic E-state index is 6.40. The van der Waals surface area contributed by atoms with E-state index in [4.69, 9.17) is 9.31 Å². The first-order valence-electron chi connectivity index (χ1n) is 10.6. The molecule has 1 aliphatic rings. The third kappa shape index (κ3) is 3.78. The van der Waals surface area contributed by atoms with Crippen molar-refractivity contribution in [2.24, 2.45) is 0 Å². The molecule has 0 aromatic heterocycles. The molecule has 1 fully saturated rings. The molecule has 0 spiro atoms. The van der Waals surface area contributed by atoms with Crippen LogP contribution in [0.15, 0.2) is 72.8 Å². The van der Waals surface area contributed by atoms with E-state index in [-0.39, 0.29) is 11.2 Å². The van der Waals surface area contributed by atoms with Crippen LogP contribution in [-0.2, 0) is 9.31 Å². The van der Waals surface area contributed by atoms with E-state index in [1.54, 1.807) is 0 Å². The summed E-state index contributed by atoms with van der Waals surface area (Å²) in [6.07, 6.45) is 0. The summed E-state index contributed by atoms with van der Waals surface area (Å²) in [5.41, 5.74) is 6.00. The van der Waals surface area contributed by atoms with E-state index in [1.807, 2.05) is 6.07 Å². The number of nitrogens with zero attached hydrogens (tertiary/aromatic N) is 1. The highest BCUT2D eigenvalue weighted by Crippen LogP contribution is 2.39. The van der Waals surface area contributed by atoms with Gasteiger partial charge in [-0.15, -0.1) is 0 Å². The van der Waals surface area contributed by atoms with Crippen LogP contribution in [0.2, 0.25) is 0 Å². The van der Waals surface area contributed by atoms with Gasteiger partial charge < -0.3 is 14.2 Å². The number of aryl methyl sites for hydroxylation is 2. The average Bonchev–Trinajstić information content (AvgIpc) is 2.92. The van der Waals surface area contributed by atoms with Gasteiger partial charge >= 0.3 is 7.12 Å². The Morgan fingerprint density at radius 3 is 1.53 bits per heavy atom. The lowest BCUT2D eigenvalue weighted by molar-refractivity contribution is 0.00578. The van der Waals surface area contributed by atoms with E-state index < -0.39 is 7.12 Å².